The molecule has 13 nitrogen and oxygen atoms in total. The third-order valence-electron chi connectivity index (χ3n) is 9.16. The van der Waals surface area contributed by atoms with Crippen LogP contribution in [0.2, 0.25) is 0 Å². The number of fused-ring (bicyclic) bond motifs is 1. The Morgan fingerprint density at radius 1 is 0.704 bits per heavy atom. The Morgan fingerprint density at radius 2 is 1.39 bits per heavy atom. The molecule has 54 heavy (non-hydrogen) atoms. The molecule has 7 atom stereocenters. The van der Waals surface area contributed by atoms with Crippen LogP contribution in [-0.2, 0) is 58.9 Å². The van der Waals surface area contributed by atoms with Crippen molar-refractivity contribution in [2.45, 2.75) is 90.5 Å². The summed E-state index contributed by atoms with van der Waals surface area (Å²) in [7, 11) is 0. The van der Waals surface area contributed by atoms with E-state index >= 15 is 0 Å². The largest absolute Gasteiger partial charge is 0.494 e. The Hall–Kier alpha value is -5.24. The molecule has 1 aromatic heterocycles. The zero-order chi connectivity index (χ0) is 38.4. The fraction of sp³-hybridized carbons (Fsp3) is 0.415. The van der Waals surface area contributed by atoms with E-state index in [2.05, 4.69) is 0 Å². The third kappa shape index (κ3) is 9.27. The van der Waals surface area contributed by atoms with Crippen LogP contribution in [0.3, 0.4) is 0 Å². The van der Waals surface area contributed by atoms with E-state index in [1.54, 1.807) is 4.57 Å². The van der Waals surface area contributed by atoms with E-state index in [4.69, 9.17) is 37.9 Å². The molecule has 7 unspecified atom stereocenters. The first-order chi connectivity index (χ1) is 26.0. The summed E-state index contributed by atoms with van der Waals surface area (Å²) in [4.78, 5) is 49.0. The molecule has 3 heterocycles. The Labute approximate surface area is 313 Å². The summed E-state index contributed by atoms with van der Waals surface area (Å²) < 4.78 is 48.6. The Morgan fingerprint density at radius 3 is 2.07 bits per heavy atom. The molecule has 2 saturated heterocycles. The maximum Gasteiger partial charge on any atom is 0.303 e. The van der Waals surface area contributed by atoms with Crippen LogP contribution in [0.5, 0.6) is 5.75 Å². The van der Waals surface area contributed by atoms with Crippen molar-refractivity contribution >= 4 is 34.8 Å². The minimum absolute atomic E-state index is 0.237. The molecule has 0 radical (unpaired) electrons. The molecule has 286 valence electrons. The van der Waals surface area contributed by atoms with Gasteiger partial charge in [0.1, 0.15) is 30.7 Å². The van der Waals surface area contributed by atoms with Gasteiger partial charge in [-0.2, -0.15) is 0 Å². The lowest BCUT2D eigenvalue weighted by Gasteiger charge is -2.44. The van der Waals surface area contributed by atoms with E-state index in [1.165, 1.54) is 27.7 Å². The number of hydrogen-bond acceptors (Lipinski definition) is 12. The second-order valence-electron chi connectivity index (χ2n) is 13.3. The van der Waals surface area contributed by atoms with Gasteiger partial charge in [0.25, 0.3) is 0 Å². The molecule has 0 N–H and O–H groups in total. The summed E-state index contributed by atoms with van der Waals surface area (Å²) in [6, 6.07) is 23.6. The van der Waals surface area contributed by atoms with E-state index in [-0.39, 0.29) is 18.8 Å². The highest BCUT2D eigenvalue weighted by atomic mass is 16.7. The summed E-state index contributed by atoms with van der Waals surface area (Å²) in [5, 5.41) is 0.910. The van der Waals surface area contributed by atoms with Crippen LogP contribution < -0.4 is 4.74 Å². The third-order valence-corrected chi connectivity index (χ3v) is 9.16. The molecule has 13 heteroatoms. The molecule has 0 amide bonds. The van der Waals surface area contributed by atoms with Gasteiger partial charge >= 0.3 is 23.9 Å². The molecular weight excluding hydrogens is 698 g/mol. The topological polar surface area (TPSA) is 150 Å². The molecule has 0 aliphatic carbocycles. The van der Waals surface area contributed by atoms with Gasteiger partial charge in [-0.3, -0.25) is 19.2 Å². The summed E-state index contributed by atoms with van der Waals surface area (Å²) >= 11 is 0. The summed E-state index contributed by atoms with van der Waals surface area (Å²) in [5.41, 5.74) is 4.68. The van der Waals surface area contributed by atoms with E-state index < -0.39 is 54.5 Å². The normalized spacial score (nSPS) is 23.3. The lowest BCUT2D eigenvalue weighted by atomic mass is 9.97. The second-order valence-corrected chi connectivity index (χ2v) is 13.3. The smallest absolute Gasteiger partial charge is 0.303 e. The lowest BCUT2D eigenvalue weighted by Crippen LogP contribution is -2.60. The maximum atomic E-state index is 12.5. The first kappa shape index (κ1) is 38.5. The number of rotatable bonds is 15. The van der Waals surface area contributed by atoms with Gasteiger partial charge in [0.2, 0.25) is 0 Å². The number of carbonyl (C=O) groups excluding carboxylic acids is 4. The van der Waals surface area contributed by atoms with Crippen molar-refractivity contribution in [3.63, 3.8) is 0 Å². The quantitative estimate of drug-likeness (QED) is 0.0608. The summed E-state index contributed by atoms with van der Waals surface area (Å²) in [6.45, 7) is 8.18. The maximum absolute atomic E-state index is 12.5. The monoisotopic (exact) mass is 743 g/mol. The van der Waals surface area contributed by atoms with Crippen LogP contribution in [0.25, 0.3) is 10.9 Å². The van der Waals surface area contributed by atoms with E-state index in [0.29, 0.717) is 19.8 Å². The van der Waals surface area contributed by atoms with Crippen LogP contribution >= 0.6 is 0 Å². The van der Waals surface area contributed by atoms with Crippen LogP contribution in [0.15, 0.2) is 79.0 Å². The Bertz CT molecular complexity index is 1940. The van der Waals surface area contributed by atoms with Gasteiger partial charge in [-0.1, -0.05) is 54.6 Å². The fourth-order valence-electron chi connectivity index (χ4n) is 6.85. The van der Waals surface area contributed by atoms with Crippen molar-refractivity contribution in [3.8, 4) is 5.75 Å². The first-order valence-electron chi connectivity index (χ1n) is 17.9. The zero-order valence-corrected chi connectivity index (χ0v) is 30.9. The summed E-state index contributed by atoms with van der Waals surface area (Å²) in [6.07, 6.45) is -3.91. The van der Waals surface area contributed by atoms with Crippen LogP contribution in [0, 0.1) is 6.92 Å². The number of ether oxygens (including phenoxy) is 8. The van der Waals surface area contributed by atoms with Gasteiger partial charge in [-0.05, 0) is 41.8 Å². The second kappa shape index (κ2) is 17.3. The lowest BCUT2D eigenvalue weighted by molar-refractivity contribution is -0.267. The highest BCUT2D eigenvalue weighted by Crippen LogP contribution is 2.54. The van der Waals surface area contributed by atoms with Gasteiger partial charge < -0.3 is 42.5 Å². The van der Waals surface area contributed by atoms with Crippen molar-refractivity contribution < 1.29 is 57.1 Å². The molecule has 0 saturated carbocycles. The number of esters is 4. The van der Waals surface area contributed by atoms with Gasteiger partial charge in [0.15, 0.2) is 24.5 Å². The molecule has 0 spiro atoms. The van der Waals surface area contributed by atoms with Crippen molar-refractivity contribution in [1.82, 2.24) is 4.57 Å². The average Bonchev–Trinajstić information content (AvgIpc) is 3.83. The van der Waals surface area contributed by atoms with Gasteiger partial charge in [0.05, 0.1) is 25.3 Å². The minimum Gasteiger partial charge on any atom is -0.494 e. The molecule has 2 fully saturated rings. The predicted octanol–water partition coefficient (Wildman–Crippen LogP) is 6.00. The predicted molar refractivity (Wildman–Crippen MR) is 193 cm³/mol. The Balaban J connectivity index is 1.22. The zero-order valence-electron chi connectivity index (χ0n) is 30.9. The van der Waals surface area contributed by atoms with Crippen LogP contribution in [0.4, 0.5) is 0 Å². The number of aromatic nitrogens is 1. The fourth-order valence-corrected chi connectivity index (χ4v) is 6.85. The number of epoxide rings is 1. The Kier molecular flexibility index (Phi) is 12.3. The van der Waals surface area contributed by atoms with E-state index in [0.717, 1.165) is 45.3 Å². The molecular formula is C41H45NO12. The molecule has 0 bridgehead atoms. The van der Waals surface area contributed by atoms with Crippen molar-refractivity contribution in [3.05, 3.63) is 101 Å². The van der Waals surface area contributed by atoms with Crippen molar-refractivity contribution in [2.75, 3.05) is 19.8 Å². The van der Waals surface area contributed by atoms with Crippen LogP contribution in [0.1, 0.15) is 74.8 Å². The highest BCUT2D eigenvalue weighted by Gasteiger charge is 2.53. The number of aryl methyl sites for hydroxylation is 1. The molecule has 2 aliphatic heterocycles. The number of carbonyl (C=O) groups is 4. The van der Waals surface area contributed by atoms with Gasteiger partial charge in [-0.15, -0.1) is 0 Å². The number of nitrogens with zero attached hydrogens (tertiary/aromatic N) is 1. The van der Waals surface area contributed by atoms with E-state index in [9.17, 15) is 19.2 Å². The van der Waals surface area contributed by atoms with E-state index in [1.807, 2.05) is 85.9 Å². The molecule has 4 aromatic rings. The molecule has 3 aromatic carbocycles. The van der Waals surface area contributed by atoms with Crippen molar-refractivity contribution in [2.24, 2.45) is 0 Å². The average molecular weight is 744 g/mol. The standard InChI is InChI=1S/C41H45NO12/c1-24-11-9-14-33-35(24)32(37-36(54-37)30-15-17-31(18-16-30)48-20-10-19-47-22-29-12-7-6-8-13-29)21-42(33)41-40(52-28(5)46)39(51-27(4)45)38(50-26(3)44)34(53-41)23-49-25(2)43/h6-9,11-18,21,34,36-41H,10,19-20,22-23H2,1-5H3. The highest BCUT2D eigenvalue weighted by molar-refractivity contribution is 5.88. The minimum atomic E-state index is -1.30. The first-order valence-corrected chi connectivity index (χ1v) is 17.9. The van der Waals surface area contributed by atoms with Gasteiger partial charge in [-0.25, -0.2) is 0 Å². The molecule has 6 rings (SSSR count). The number of hydrogen-bond donors (Lipinski definition) is 0. The number of benzene rings is 3. The molecule has 2 aliphatic rings. The van der Waals surface area contributed by atoms with Crippen LogP contribution in [-0.4, -0.2) is 72.7 Å². The van der Waals surface area contributed by atoms with Crippen molar-refractivity contribution in [1.29, 1.82) is 0 Å². The summed E-state index contributed by atoms with van der Waals surface area (Å²) in [5.74, 6) is -1.91. The van der Waals surface area contributed by atoms with Gasteiger partial charge in [0, 0.05) is 51.3 Å². The SMILES string of the molecule is CC(=O)OCC1OC(n2cc(C3OC3c3ccc(OCCCOCc4ccccc4)cc3)c3c(C)cccc32)C(OC(C)=O)C(OC(C)=O)C1OC(C)=O.